The van der Waals surface area contributed by atoms with Gasteiger partial charge in [0.1, 0.15) is 11.5 Å². The van der Waals surface area contributed by atoms with E-state index in [1.807, 2.05) is 0 Å². The Labute approximate surface area is 245 Å². The molecule has 4 heteroatoms. The Bertz CT molecular complexity index is 1170. The molecule has 2 aromatic carbocycles. The van der Waals surface area contributed by atoms with Crippen LogP contribution in [0.4, 0.5) is 0 Å². The molecule has 0 saturated carbocycles. The fourth-order valence-electron chi connectivity index (χ4n) is 5.75. The molecular formula is C36H58N2O2. The molecule has 2 aromatic rings. The molecule has 224 valence electrons. The van der Waals surface area contributed by atoms with E-state index in [2.05, 4.69) is 118 Å². The number of nitrogens with zero attached hydrogens (tertiary/aromatic N) is 1. The number of rotatable bonds is 6. The Balaban J connectivity index is 1.83. The van der Waals surface area contributed by atoms with Crippen LogP contribution >= 0.6 is 0 Å². The van der Waals surface area contributed by atoms with Gasteiger partial charge in [0.2, 0.25) is 0 Å². The molecule has 4 nitrogen and oxygen atoms in total. The standard InChI is InChI=1S/C36H58N2O2/c1-33(2,3)26-17-24(31(39)29(19-26)35(7,8)9)21-37-22-28-15-13-14-16-38(28)23-25-18-27(34(4,5)6)20-30(32(25)40)36(10,11)12/h17-20,28,37,39-40H,13-16,21-23H2,1-12H3/t28-/m1/s1. The minimum absolute atomic E-state index is 0.0120. The average molecular weight is 551 g/mol. The van der Waals surface area contributed by atoms with Crippen LogP contribution in [0.1, 0.15) is 136 Å². The predicted octanol–water partition coefficient (Wildman–Crippen LogP) is 8.43. The van der Waals surface area contributed by atoms with Crippen molar-refractivity contribution in [3.05, 3.63) is 57.6 Å². The largest absolute Gasteiger partial charge is 0.507 e. The number of hydrogen-bond acceptors (Lipinski definition) is 4. The van der Waals surface area contributed by atoms with Crippen molar-refractivity contribution in [2.24, 2.45) is 0 Å². The van der Waals surface area contributed by atoms with Crippen molar-refractivity contribution in [1.29, 1.82) is 0 Å². The highest BCUT2D eigenvalue weighted by atomic mass is 16.3. The Morgan fingerprint density at radius 1 is 0.675 bits per heavy atom. The fraction of sp³-hybridized carbons (Fsp3) is 0.667. The molecule has 1 aliphatic heterocycles. The summed E-state index contributed by atoms with van der Waals surface area (Å²) in [7, 11) is 0. The quantitative estimate of drug-likeness (QED) is 0.338. The first kappa shape index (κ1) is 32.5. The Morgan fingerprint density at radius 2 is 1.15 bits per heavy atom. The summed E-state index contributed by atoms with van der Waals surface area (Å²) in [5.74, 6) is 0.878. The number of phenols is 2. The maximum Gasteiger partial charge on any atom is 0.123 e. The number of hydrogen-bond donors (Lipinski definition) is 3. The van der Waals surface area contributed by atoms with Crippen LogP contribution in [0.25, 0.3) is 0 Å². The van der Waals surface area contributed by atoms with Gasteiger partial charge in [-0.15, -0.1) is 0 Å². The second-order valence-corrected chi connectivity index (χ2v) is 16.3. The molecule has 3 N–H and O–H groups in total. The molecule has 0 unspecified atom stereocenters. The maximum atomic E-state index is 11.4. The third-order valence-electron chi connectivity index (χ3n) is 8.54. The molecule has 0 aliphatic carbocycles. The first-order valence-corrected chi connectivity index (χ1v) is 15.4. The lowest BCUT2D eigenvalue weighted by Crippen LogP contribution is -2.45. The molecule has 0 aromatic heterocycles. The van der Waals surface area contributed by atoms with Gasteiger partial charge in [-0.1, -0.05) is 114 Å². The van der Waals surface area contributed by atoms with Crippen molar-refractivity contribution in [2.45, 2.75) is 143 Å². The molecule has 1 aliphatic rings. The van der Waals surface area contributed by atoms with E-state index in [0.29, 0.717) is 24.1 Å². The van der Waals surface area contributed by atoms with Crippen molar-refractivity contribution in [3.63, 3.8) is 0 Å². The molecule has 3 rings (SSSR count). The van der Waals surface area contributed by atoms with Crippen molar-refractivity contribution in [2.75, 3.05) is 13.1 Å². The van der Waals surface area contributed by atoms with E-state index >= 15 is 0 Å². The van der Waals surface area contributed by atoms with Gasteiger partial charge in [-0.3, -0.25) is 4.90 Å². The summed E-state index contributed by atoms with van der Waals surface area (Å²) in [6.45, 7) is 29.8. The van der Waals surface area contributed by atoms with Gasteiger partial charge in [0.05, 0.1) is 0 Å². The van der Waals surface area contributed by atoms with Gasteiger partial charge in [-0.2, -0.15) is 0 Å². The van der Waals surface area contributed by atoms with Gasteiger partial charge >= 0.3 is 0 Å². The topological polar surface area (TPSA) is 55.7 Å². The fourth-order valence-corrected chi connectivity index (χ4v) is 5.75. The zero-order valence-electron chi connectivity index (χ0n) is 27.7. The molecule has 1 atom stereocenters. The summed E-state index contributed by atoms with van der Waals surface area (Å²) < 4.78 is 0. The van der Waals surface area contributed by atoms with E-state index in [1.165, 1.54) is 24.0 Å². The third-order valence-corrected chi connectivity index (χ3v) is 8.54. The number of nitrogens with one attached hydrogen (secondary N) is 1. The van der Waals surface area contributed by atoms with Crippen LogP contribution in [0.2, 0.25) is 0 Å². The molecule has 40 heavy (non-hydrogen) atoms. The normalized spacial score (nSPS) is 17.9. The average Bonchev–Trinajstić information content (AvgIpc) is 2.79. The van der Waals surface area contributed by atoms with Gasteiger partial charge in [0.15, 0.2) is 0 Å². The lowest BCUT2D eigenvalue weighted by molar-refractivity contribution is 0.136. The number of benzene rings is 2. The lowest BCUT2D eigenvalue weighted by Gasteiger charge is -2.37. The van der Waals surface area contributed by atoms with Gasteiger partial charge in [-0.05, 0) is 63.3 Å². The second-order valence-electron chi connectivity index (χ2n) is 16.3. The van der Waals surface area contributed by atoms with Crippen LogP contribution in [0.5, 0.6) is 11.5 Å². The molecule has 0 spiro atoms. The molecule has 0 bridgehead atoms. The first-order valence-electron chi connectivity index (χ1n) is 15.4. The molecular weight excluding hydrogens is 492 g/mol. The molecule has 1 fully saturated rings. The second kappa shape index (κ2) is 11.7. The predicted molar refractivity (Wildman–Crippen MR) is 171 cm³/mol. The SMILES string of the molecule is CC(C)(C)c1cc(CNC[C@H]2CCCCN2Cc2cc(C(C)(C)C)cc(C(C)(C)C)c2O)c(O)c(C(C)(C)C)c1. The van der Waals surface area contributed by atoms with Crippen LogP contribution in [0.3, 0.4) is 0 Å². The van der Waals surface area contributed by atoms with Crippen molar-refractivity contribution in [1.82, 2.24) is 10.2 Å². The smallest absolute Gasteiger partial charge is 0.123 e. The molecule has 0 radical (unpaired) electrons. The number of likely N-dealkylation sites (tertiary alicyclic amines) is 1. The van der Waals surface area contributed by atoms with Gasteiger partial charge in [0.25, 0.3) is 0 Å². The summed E-state index contributed by atoms with van der Waals surface area (Å²) in [4.78, 5) is 2.55. The van der Waals surface area contributed by atoms with Crippen LogP contribution in [-0.4, -0.2) is 34.2 Å². The molecule has 0 amide bonds. The van der Waals surface area contributed by atoms with E-state index in [-0.39, 0.29) is 21.7 Å². The van der Waals surface area contributed by atoms with Gasteiger partial charge in [-0.25, -0.2) is 0 Å². The number of phenolic OH excluding ortho intramolecular Hbond substituents is 2. The summed E-state index contributed by atoms with van der Waals surface area (Å²) in [5.41, 5.74) is 6.37. The van der Waals surface area contributed by atoms with Crippen molar-refractivity contribution < 1.29 is 10.2 Å². The van der Waals surface area contributed by atoms with E-state index in [9.17, 15) is 10.2 Å². The van der Waals surface area contributed by atoms with Crippen LogP contribution in [-0.2, 0) is 34.7 Å². The lowest BCUT2D eigenvalue weighted by atomic mass is 9.78. The van der Waals surface area contributed by atoms with E-state index < -0.39 is 0 Å². The van der Waals surface area contributed by atoms with Crippen molar-refractivity contribution in [3.8, 4) is 11.5 Å². The van der Waals surface area contributed by atoms with Crippen LogP contribution in [0, 0.1) is 0 Å². The van der Waals surface area contributed by atoms with E-state index in [0.717, 1.165) is 48.3 Å². The van der Waals surface area contributed by atoms with E-state index in [1.54, 1.807) is 0 Å². The zero-order chi connectivity index (χ0) is 30.3. The summed E-state index contributed by atoms with van der Waals surface area (Å²) in [5, 5.41) is 26.3. The molecule has 1 heterocycles. The monoisotopic (exact) mass is 550 g/mol. The Kier molecular flexibility index (Phi) is 9.48. The third kappa shape index (κ3) is 7.82. The first-order chi connectivity index (χ1) is 18.2. The highest BCUT2D eigenvalue weighted by Crippen LogP contribution is 2.40. The van der Waals surface area contributed by atoms with Crippen LogP contribution < -0.4 is 5.32 Å². The highest BCUT2D eigenvalue weighted by Gasteiger charge is 2.29. The summed E-state index contributed by atoms with van der Waals surface area (Å²) in [6, 6.07) is 9.19. The summed E-state index contributed by atoms with van der Waals surface area (Å²) in [6.07, 6.45) is 3.55. The molecule has 1 saturated heterocycles. The summed E-state index contributed by atoms with van der Waals surface area (Å²) >= 11 is 0. The number of aromatic hydroxyl groups is 2. The zero-order valence-corrected chi connectivity index (χ0v) is 27.7. The minimum atomic E-state index is -0.129. The Hall–Kier alpha value is -2.04. The maximum absolute atomic E-state index is 11.4. The van der Waals surface area contributed by atoms with E-state index in [4.69, 9.17) is 0 Å². The van der Waals surface area contributed by atoms with Gasteiger partial charge < -0.3 is 15.5 Å². The van der Waals surface area contributed by atoms with Crippen molar-refractivity contribution >= 4 is 0 Å². The number of piperidine rings is 1. The Morgan fingerprint density at radius 3 is 1.62 bits per heavy atom. The highest BCUT2D eigenvalue weighted by molar-refractivity contribution is 5.50. The van der Waals surface area contributed by atoms with Crippen LogP contribution in [0.15, 0.2) is 24.3 Å². The van der Waals surface area contributed by atoms with Gasteiger partial charge in [0, 0.05) is 36.8 Å². The minimum Gasteiger partial charge on any atom is -0.507 e.